The van der Waals surface area contributed by atoms with Crippen molar-refractivity contribution in [2.45, 2.75) is 45.7 Å². The first-order chi connectivity index (χ1) is 14.1. The normalized spacial score (nSPS) is 15.6. The molecule has 1 aliphatic heterocycles. The van der Waals surface area contributed by atoms with Gasteiger partial charge in [0.15, 0.2) is 17.0 Å². The maximum atomic E-state index is 12.8. The minimum absolute atomic E-state index is 0. The molecule has 1 aliphatic rings. The van der Waals surface area contributed by atoms with E-state index in [1.165, 1.54) is 0 Å². The van der Waals surface area contributed by atoms with E-state index >= 15 is 0 Å². The largest absolute Gasteiger partial charge is 0.490 e. The molecule has 162 valence electrons. The van der Waals surface area contributed by atoms with Crippen LogP contribution in [0, 0.1) is 6.92 Å². The molecule has 1 atom stereocenters. The predicted molar refractivity (Wildman–Crippen MR) is 116 cm³/mol. The maximum absolute atomic E-state index is 12.8. The van der Waals surface area contributed by atoms with Crippen molar-refractivity contribution in [3.63, 3.8) is 0 Å². The van der Waals surface area contributed by atoms with E-state index in [4.69, 9.17) is 9.15 Å². The van der Waals surface area contributed by atoms with Crippen LogP contribution in [-0.2, 0) is 0 Å². The zero-order valence-electron chi connectivity index (χ0n) is 17.5. The molecule has 2 aromatic heterocycles. The second-order valence-corrected chi connectivity index (χ2v) is 7.40. The summed E-state index contributed by atoms with van der Waals surface area (Å²) in [5.41, 5.74) is 1.85. The van der Waals surface area contributed by atoms with Crippen LogP contribution in [0.3, 0.4) is 0 Å². The number of halogens is 1. The Morgan fingerprint density at radius 2 is 2.17 bits per heavy atom. The molecule has 0 bridgehead atoms. The number of carbonyl (C=O) groups excluding carboxylic acids is 1. The molecular formula is C21H28ClN5O3. The van der Waals surface area contributed by atoms with Gasteiger partial charge in [0, 0.05) is 5.39 Å². The molecule has 0 radical (unpaired) electrons. The van der Waals surface area contributed by atoms with Gasteiger partial charge in [0.05, 0.1) is 24.4 Å². The van der Waals surface area contributed by atoms with Gasteiger partial charge < -0.3 is 19.8 Å². The summed E-state index contributed by atoms with van der Waals surface area (Å²) in [6.45, 7) is 8.20. The van der Waals surface area contributed by atoms with Gasteiger partial charge in [-0.05, 0) is 58.8 Å². The highest BCUT2D eigenvalue weighted by molar-refractivity contribution is 5.93. The van der Waals surface area contributed by atoms with E-state index in [1.54, 1.807) is 0 Å². The predicted octanol–water partition coefficient (Wildman–Crippen LogP) is 3.57. The minimum Gasteiger partial charge on any atom is -0.490 e. The van der Waals surface area contributed by atoms with E-state index < -0.39 is 0 Å². The van der Waals surface area contributed by atoms with E-state index in [1.807, 2.05) is 49.7 Å². The Labute approximate surface area is 181 Å². The SMILES string of the molecule is CCOc1cccc2cc(C(C)NC(=O)c3nnn(C4CCNCC4)c3C)oc12.Cl. The molecule has 3 aromatic rings. The zero-order chi connectivity index (χ0) is 20.4. The van der Waals surface area contributed by atoms with E-state index in [2.05, 4.69) is 20.9 Å². The first kappa shape index (κ1) is 22.1. The van der Waals surface area contributed by atoms with Gasteiger partial charge in [0.2, 0.25) is 0 Å². The lowest BCUT2D eigenvalue weighted by atomic mass is 10.1. The number of amides is 1. The van der Waals surface area contributed by atoms with Crippen molar-refractivity contribution in [1.29, 1.82) is 0 Å². The highest BCUT2D eigenvalue weighted by atomic mass is 35.5. The van der Waals surface area contributed by atoms with Gasteiger partial charge in [-0.25, -0.2) is 4.68 Å². The number of para-hydroxylation sites is 1. The van der Waals surface area contributed by atoms with Gasteiger partial charge in [0.25, 0.3) is 5.91 Å². The van der Waals surface area contributed by atoms with Crippen molar-refractivity contribution in [1.82, 2.24) is 25.6 Å². The lowest BCUT2D eigenvalue weighted by Crippen LogP contribution is -2.30. The number of nitrogens with zero attached hydrogens (tertiary/aromatic N) is 3. The Kier molecular flexibility index (Phi) is 6.99. The molecule has 8 nitrogen and oxygen atoms in total. The quantitative estimate of drug-likeness (QED) is 0.617. The number of piperidine rings is 1. The Morgan fingerprint density at radius 1 is 1.40 bits per heavy atom. The van der Waals surface area contributed by atoms with Crippen molar-refractivity contribution in [2.24, 2.45) is 0 Å². The van der Waals surface area contributed by atoms with Crippen molar-refractivity contribution in [2.75, 3.05) is 19.7 Å². The van der Waals surface area contributed by atoms with Gasteiger partial charge in [-0.3, -0.25) is 4.79 Å². The topological polar surface area (TPSA) is 94.2 Å². The maximum Gasteiger partial charge on any atom is 0.274 e. The highest BCUT2D eigenvalue weighted by Crippen LogP contribution is 2.31. The summed E-state index contributed by atoms with van der Waals surface area (Å²) in [7, 11) is 0. The van der Waals surface area contributed by atoms with Crippen LogP contribution in [0.25, 0.3) is 11.0 Å². The van der Waals surface area contributed by atoms with Crippen LogP contribution in [0.2, 0.25) is 0 Å². The third-order valence-electron chi connectivity index (χ3n) is 5.40. The van der Waals surface area contributed by atoms with Crippen molar-refractivity contribution in [3.8, 4) is 5.75 Å². The molecule has 3 heterocycles. The standard InChI is InChI=1S/C21H27N5O3.ClH/c1-4-28-17-7-5-6-15-12-18(29-20(15)17)13(2)23-21(27)19-14(3)26(25-24-19)16-8-10-22-11-9-16;/h5-7,12-13,16,22H,4,8-11H2,1-3H3,(H,23,27);1H. The fourth-order valence-electron chi connectivity index (χ4n) is 3.82. The highest BCUT2D eigenvalue weighted by Gasteiger charge is 2.24. The van der Waals surface area contributed by atoms with Crippen LogP contribution in [0.5, 0.6) is 5.75 Å². The van der Waals surface area contributed by atoms with Crippen LogP contribution in [0.15, 0.2) is 28.7 Å². The third-order valence-corrected chi connectivity index (χ3v) is 5.40. The Hall–Kier alpha value is -2.58. The number of carbonyl (C=O) groups is 1. The van der Waals surface area contributed by atoms with E-state index in [0.29, 0.717) is 29.4 Å². The molecule has 0 saturated carbocycles. The van der Waals surface area contributed by atoms with Gasteiger partial charge in [-0.2, -0.15) is 0 Å². The van der Waals surface area contributed by atoms with Crippen LogP contribution in [0.1, 0.15) is 60.7 Å². The van der Waals surface area contributed by atoms with Crippen molar-refractivity contribution < 1.29 is 13.9 Å². The van der Waals surface area contributed by atoms with Crippen LogP contribution >= 0.6 is 12.4 Å². The summed E-state index contributed by atoms with van der Waals surface area (Å²) >= 11 is 0. The number of ether oxygens (including phenoxy) is 1. The van der Waals surface area contributed by atoms with Gasteiger partial charge in [-0.1, -0.05) is 17.3 Å². The van der Waals surface area contributed by atoms with Crippen LogP contribution < -0.4 is 15.4 Å². The number of hydrogen-bond donors (Lipinski definition) is 2. The fourth-order valence-corrected chi connectivity index (χ4v) is 3.82. The number of hydrogen-bond acceptors (Lipinski definition) is 6. The second-order valence-electron chi connectivity index (χ2n) is 7.40. The molecule has 9 heteroatoms. The summed E-state index contributed by atoms with van der Waals surface area (Å²) < 4.78 is 13.5. The summed E-state index contributed by atoms with van der Waals surface area (Å²) in [5, 5.41) is 15.7. The third kappa shape index (κ3) is 4.29. The Morgan fingerprint density at radius 3 is 2.90 bits per heavy atom. The number of benzene rings is 1. The Balaban J connectivity index is 0.00000256. The monoisotopic (exact) mass is 433 g/mol. The molecular weight excluding hydrogens is 406 g/mol. The molecule has 1 aromatic carbocycles. The summed E-state index contributed by atoms with van der Waals surface area (Å²) in [6.07, 6.45) is 1.98. The number of furan rings is 1. The average Bonchev–Trinajstić information content (AvgIpc) is 3.33. The Bertz CT molecular complexity index is 1010. The van der Waals surface area contributed by atoms with Gasteiger partial charge in [0.1, 0.15) is 5.76 Å². The molecule has 0 aliphatic carbocycles. The lowest BCUT2D eigenvalue weighted by Gasteiger charge is -2.23. The fraction of sp³-hybridized carbons (Fsp3) is 0.476. The molecule has 30 heavy (non-hydrogen) atoms. The van der Waals surface area contributed by atoms with Gasteiger partial charge in [-0.15, -0.1) is 17.5 Å². The number of fused-ring (bicyclic) bond motifs is 1. The zero-order valence-corrected chi connectivity index (χ0v) is 18.3. The van der Waals surface area contributed by atoms with Crippen LogP contribution in [-0.4, -0.2) is 40.6 Å². The molecule has 0 spiro atoms. The van der Waals surface area contributed by atoms with E-state index in [0.717, 1.165) is 37.0 Å². The summed E-state index contributed by atoms with van der Waals surface area (Å²) in [4.78, 5) is 12.8. The number of rotatable bonds is 6. The van der Waals surface area contributed by atoms with E-state index in [-0.39, 0.29) is 30.4 Å². The molecule has 2 N–H and O–H groups in total. The van der Waals surface area contributed by atoms with E-state index in [9.17, 15) is 4.79 Å². The molecule has 4 rings (SSSR count). The number of aromatic nitrogens is 3. The number of nitrogens with one attached hydrogen (secondary N) is 2. The molecule has 1 unspecified atom stereocenters. The summed E-state index contributed by atoms with van der Waals surface area (Å²) in [5.74, 6) is 1.13. The minimum atomic E-state index is -0.312. The first-order valence-electron chi connectivity index (χ1n) is 10.2. The average molecular weight is 434 g/mol. The van der Waals surface area contributed by atoms with Gasteiger partial charge >= 0.3 is 0 Å². The first-order valence-corrected chi connectivity index (χ1v) is 10.2. The van der Waals surface area contributed by atoms with Crippen molar-refractivity contribution in [3.05, 3.63) is 41.4 Å². The molecule has 1 amide bonds. The second kappa shape index (κ2) is 9.49. The molecule has 1 saturated heterocycles. The van der Waals surface area contributed by atoms with Crippen molar-refractivity contribution >= 4 is 29.3 Å². The summed E-state index contributed by atoms with van der Waals surface area (Å²) in [6, 6.07) is 7.68. The smallest absolute Gasteiger partial charge is 0.274 e. The lowest BCUT2D eigenvalue weighted by molar-refractivity contribution is 0.0930. The van der Waals surface area contributed by atoms with Crippen LogP contribution in [0.4, 0.5) is 0 Å². The molecule has 1 fully saturated rings.